The van der Waals surface area contributed by atoms with Gasteiger partial charge in [-0.25, -0.2) is 4.39 Å². The average Bonchev–Trinajstić information content (AvgIpc) is 2.40. The van der Waals surface area contributed by atoms with Crippen molar-refractivity contribution in [1.29, 1.82) is 0 Å². The number of hydrogen-bond donors (Lipinski definition) is 1. The number of nitrogens with zero attached hydrogens (tertiary/aromatic N) is 1. The molecule has 1 atom stereocenters. The zero-order valence-corrected chi connectivity index (χ0v) is 12.6. The van der Waals surface area contributed by atoms with Crippen molar-refractivity contribution in [2.45, 2.75) is 32.2 Å². The van der Waals surface area contributed by atoms with E-state index in [9.17, 15) is 4.39 Å². The molecule has 1 fully saturated rings. The summed E-state index contributed by atoms with van der Waals surface area (Å²) in [6.07, 6.45) is 0. The standard InChI is InChI=1S/C15H23FN2S/c1-3-17-9-13-4-5-15(16)14(8-13)11-18-6-7-19-12(2)10-18/h4-5,8,12,17H,3,6-7,9-11H2,1-2H3. The van der Waals surface area contributed by atoms with Crippen molar-refractivity contribution in [2.24, 2.45) is 0 Å². The molecule has 2 rings (SSSR count). The van der Waals surface area contributed by atoms with E-state index in [0.717, 1.165) is 49.6 Å². The molecule has 106 valence electrons. The molecule has 0 amide bonds. The summed E-state index contributed by atoms with van der Waals surface area (Å²) < 4.78 is 13.9. The van der Waals surface area contributed by atoms with E-state index in [2.05, 4.69) is 24.1 Å². The quantitative estimate of drug-likeness (QED) is 0.894. The number of thioether (sulfide) groups is 1. The van der Waals surface area contributed by atoms with Crippen molar-refractivity contribution in [3.05, 3.63) is 35.1 Å². The van der Waals surface area contributed by atoms with E-state index in [1.807, 2.05) is 23.9 Å². The lowest BCUT2D eigenvalue weighted by molar-refractivity contribution is 0.274. The predicted molar refractivity (Wildman–Crippen MR) is 81.0 cm³/mol. The normalized spacial score (nSPS) is 20.7. The van der Waals surface area contributed by atoms with E-state index in [4.69, 9.17) is 0 Å². The lowest BCUT2D eigenvalue weighted by Gasteiger charge is -2.30. The van der Waals surface area contributed by atoms with E-state index in [1.165, 1.54) is 0 Å². The first-order valence-electron chi connectivity index (χ1n) is 7.01. The number of hydrogen-bond acceptors (Lipinski definition) is 3. The molecule has 0 spiro atoms. The molecule has 1 aliphatic heterocycles. The maximum atomic E-state index is 13.9. The first kappa shape index (κ1) is 14.8. The Bertz CT molecular complexity index is 411. The minimum atomic E-state index is -0.0777. The lowest BCUT2D eigenvalue weighted by Crippen LogP contribution is -2.36. The third kappa shape index (κ3) is 4.48. The van der Waals surface area contributed by atoms with Crippen LogP contribution in [-0.2, 0) is 13.1 Å². The van der Waals surface area contributed by atoms with Crippen LogP contribution in [0.3, 0.4) is 0 Å². The Morgan fingerprint density at radius 3 is 3.05 bits per heavy atom. The molecule has 2 nitrogen and oxygen atoms in total. The van der Waals surface area contributed by atoms with Gasteiger partial charge in [-0.1, -0.05) is 26.0 Å². The SMILES string of the molecule is CCNCc1ccc(F)c(CN2CCSC(C)C2)c1. The molecule has 1 aromatic rings. The molecule has 0 saturated carbocycles. The average molecular weight is 282 g/mol. The number of rotatable bonds is 5. The summed E-state index contributed by atoms with van der Waals surface area (Å²) in [6.45, 7) is 8.93. The van der Waals surface area contributed by atoms with E-state index in [0.29, 0.717) is 5.25 Å². The van der Waals surface area contributed by atoms with Crippen molar-refractivity contribution in [2.75, 3.05) is 25.4 Å². The molecule has 1 aromatic carbocycles. The first-order chi connectivity index (χ1) is 9.19. The van der Waals surface area contributed by atoms with Crippen molar-refractivity contribution in [3.63, 3.8) is 0 Å². The second-order valence-corrected chi connectivity index (χ2v) is 6.67. The Kier molecular flexibility index (Phi) is 5.67. The van der Waals surface area contributed by atoms with E-state index in [-0.39, 0.29) is 5.82 Å². The Labute approximate surface area is 119 Å². The van der Waals surface area contributed by atoms with Gasteiger partial charge in [-0.2, -0.15) is 11.8 Å². The highest BCUT2D eigenvalue weighted by Gasteiger charge is 2.18. The minimum absolute atomic E-state index is 0.0777. The van der Waals surface area contributed by atoms with Gasteiger partial charge in [-0.3, -0.25) is 4.90 Å². The van der Waals surface area contributed by atoms with Gasteiger partial charge in [0.2, 0.25) is 0 Å². The van der Waals surface area contributed by atoms with E-state index < -0.39 is 0 Å². The van der Waals surface area contributed by atoms with Crippen LogP contribution in [0, 0.1) is 5.82 Å². The van der Waals surface area contributed by atoms with Gasteiger partial charge in [0.05, 0.1) is 0 Å². The summed E-state index contributed by atoms with van der Waals surface area (Å²) in [5.41, 5.74) is 1.99. The fourth-order valence-corrected chi connectivity index (χ4v) is 3.49. The molecule has 0 aromatic heterocycles. The fraction of sp³-hybridized carbons (Fsp3) is 0.600. The van der Waals surface area contributed by atoms with Gasteiger partial charge in [0, 0.05) is 42.7 Å². The van der Waals surface area contributed by atoms with Crippen molar-refractivity contribution < 1.29 is 4.39 Å². The number of halogens is 1. The highest BCUT2D eigenvalue weighted by molar-refractivity contribution is 7.99. The fourth-order valence-electron chi connectivity index (χ4n) is 2.40. The predicted octanol–water partition coefficient (Wildman–Crippen LogP) is 2.87. The Morgan fingerprint density at radius 2 is 2.32 bits per heavy atom. The molecular formula is C15H23FN2S. The summed E-state index contributed by atoms with van der Waals surface area (Å²) in [5, 5.41) is 3.94. The van der Waals surface area contributed by atoms with Gasteiger partial charge in [0.25, 0.3) is 0 Å². The summed E-state index contributed by atoms with van der Waals surface area (Å²) in [6, 6.07) is 5.48. The van der Waals surface area contributed by atoms with Crippen LogP contribution in [0.5, 0.6) is 0 Å². The van der Waals surface area contributed by atoms with Crippen LogP contribution < -0.4 is 5.32 Å². The second kappa shape index (κ2) is 7.27. The molecule has 1 N–H and O–H groups in total. The minimum Gasteiger partial charge on any atom is -0.313 e. The highest BCUT2D eigenvalue weighted by atomic mass is 32.2. The maximum absolute atomic E-state index is 13.9. The molecule has 0 aliphatic carbocycles. The smallest absolute Gasteiger partial charge is 0.127 e. The molecule has 4 heteroatoms. The molecule has 1 unspecified atom stereocenters. The van der Waals surface area contributed by atoms with Gasteiger partial charge in [-0.05, 0) is 18.2 Å². The molecule has 0 radical (unpaired) electrons. The van der Waals surface area contributed by atoms with Crippen molar-refractivity contribution >= 4 is 11.8 Å². The zero-order valence-electron chi connectivity index (χ0n) is 11.8. The van der Waals surface area contributed by atoms with E-state index >= 15 is 0 Å². The number of nitrogens with one attached hydrogen (secondary N) is 1. The second-order valence-electron chi connectivity index (χ2n) is 5.12. The molecule has 1 saturated heterocycles. The number of benzene rings is 1. The van der Waals surface area contributed by atoms with Crippen LogP contribution in [0.1, 0.15) is 25.0 Å². The van der Waals surface area contributed by atoms with Crippen molar-refractivity contribution in [3.8, 4) is 0 Å². The third-order valence-electron chi connectivity index (χ3n) is 3.41. The summed E-state index contributed by atoms with van der Waals surface area (Å²) in [7, 11) is 0. The molecule has 0 bridgehead atoms. The van der Waals surface area contributed by atoms with Crippen LogP contribution in [0.15, 0.2) is 18.2 Å². The van der Waals surface area contributed by atoms with Crippen molar-refractivity contribution in [1.82, 2.24) is 10.2 Å². The van der Waals surface area contributed by atoms with Crippen LogP contribution in [-0.4, -0.2) is 35.5 Å². The van der Waals surface area contributed by atoms with Gasteiger partial charge in [-0.15, -0.1) is 0 Å². The monoisotopic (exact) mass is 282 g/mol. The molecule has 1 heterocycles. The molecular weight excluding hydrogens is 259 g/mol. The molecule has 19 heavy (non-hydrogen) atoms. The van der Waals surface area contributed by atoms with Crippen LogP contribution >= 0.6 is 11.8 Å². The largest absolute Gasteiger partial charge is 0.313 e. The van der Waals surface area contributed by atoms with E-state index in [1.54, 1.807) is 6.07 Å². The van der Waals surface area contributed by atoms with Gasteiger partial charge in [0.15, 0.2) is 0 Å². The Hall–Kier alpha value is -0.580. The van der Waals surface area contributed by atoms with Crippen LogP contribution in [0.4, 0.5) is 4.39 Å². The van der Waals surface area contributed by atoms with Gasteiger partial charge >= 0.3 is 0 Å². The van der Waals surface area contributed by atoms with Gasteiger partial charge in [0.1, 0.15) is 5.82 Å². The molecule has 1 aliphatic rings. The summed E-state index contributed by atoms with van der Waals surface area (Å²) in [5.74, 6) is 1.07. The summed E-state index contributed by atoms with van der Waals surface area (Å²) in [4.78, 5) is 2.36. The Balaban J connectivity index is 2.01. The lowest BCUT2D eigenvalue weighted by atomic mass is 10.1. The summed E-state index contributed by atoms with van der Waals surface area (Å²) >= 11 is 2.01. The first-order valence-corrected chi connectivity index (χ1v) is 8.06. The zero-order chi connectivity index (χ0) is 13.7. The third-order valence-corrected chi connectivity index (χ3v) is 4.54. The highest BCUT2D eigenvalue weighted by Crippen LogP contribution is 2.21. The topological polar surface area (TPSA) is 15.3 Å². The maximum Gasteiger partial charge on any atom is 0.127 e. The van der Waals surface area contributed by atoms with Crippen LogP contribution in [0.2, 0.25) is 0 Å². The van der Waals surface area contributed by atoms with Crippen LogP contribution in [0.25, 0.3) is 0 Å². The van der Waals surface area contributed by atoms with Gasteiger partial charge < -0.3 is 5.32 Å². The Morgan fingerprint density at radius 1 is 1.47 bits per heavy atom.